The van der Waals surface area contributed by atoms with Crippen molar-refractivity contribution in [3.8, 4) is 11.5 Å². The van der Waals surface area contributed by atoms with E-state index in [2.05, 4.69) is 9.98 Å². The van der Waals surface area contributed by atoms with E-state index in [-0.39, 0.29) is 11.5 Å². The molecule has 0 bridgehead atoms. The number of thioether (sulfide) groups is 1. The average molecular weight is 222 g/mol. The maximum Gasteiger partial charge on any atom is 0.183 e. The van der Waals surface area contributed by atoms with Crippen LogP contribution < -0.4 is 0 Å². The van der Waals surface area contributed by atoms with Gasteiger partial charge in [0, 0.05) is 18.0 Å². The number of benzene rings is 1. The lowest BCUT2D eigenvalue weighted by Crippen LogP contribution is -1.86. The molecule has 1 aromatic carbocycles. The molecule has 0 radical (unpaired) electrons. The highest BCUT2D eigenvalue weighted by Gasteiger charge is 2.04. The summed E-state index contributed by atoms with van der Waals surface area (Å²) in [7, 11) is 0. The summed E-state index contributed by atoms with van der Waals surface area (Å²) in [5.74, 6) is 0.780. The van der Waals surface area contributed by atoms with Gasteiger partial charge in [0.1, 0.15) is 11.5 Å². The number of hydrogen-bond donors (Lipinski definition) is 2. The maximum atomic E-state index is 9.26. The molecule has 5 heteroatoms. The van der Waals surface area contributed by atoms with E-state index in [1.165, 1.54) is 17.8 Å². The zero-order valence-electron chi connectivity index (χ0n) is 7.92. The molecule has 15 heavy (non-hydrogen) atoms. The van der Waals surface area contributed by atoms with E-state index >= 15 is 0 Å². The Balaban J connectivity index is 2.01. The highest BCUT2D eigenvalue weighted by atomic mass is 32.2. The second kappa shape index (κ2) is 4.35. The normalized spacial score (nSPS) is 14.3. The lowest BCUT2D eigenvalue weighted by atomic mass is 10.2. The van der Waals surface area contributed by atoms with Crippen molar-refractivity contribution in [3.05, 3.63) is 23.8 Å². The number of phenols is 2. The third kappa shape index (κ3) is 2.73. The van der Waals surface area contributed by atoms with E-state index in [0.717, 1.165) is 10.7 Å². The molecule has 1 aliphatic rings. The fourth-order valence-electron chi connectivity index (χ4n) is 1.25. The molecule has 1 heterocycles. The van der Waals surface area contributed by atoms with Gasteiger partial charge >= 0.3 is 0 Å². The molecule has 0 aliphatic carbocycles. The van der Waals surface area contributed by atoms with Crippen LogP contribution in [0.15, 0.2) is 28.2 Å². The standard InChI is InChI=1S/C10H10N2O2S/c13-8-3-7(4-9(14)5-8)6-15-10-11-1-2-12-10/h1,3-5,13-14H,2,6H2. The SMILES string of the molecule is Oc1cc(O)cc(CSC2=NCC=N2)c1. The van der Waals surface area contributed by atoms with Crippen LogP contribution in [0.5, 0.6) is 11.5 Å². The molecule has 0 saturated carbocycles. The third-order valence-electron chi connectivity index (χ3n) is 1.84. The van der Waals surface area contributed by atoms with Gasteiger partial charge in [0.15, 0.2) is 5.17 Å². The molecule has 0 fully saturated rings. The number of rotatable bonds is 2. The van der Waals surface area contributed by atoms with Crippen molar-refractivity contribution < 1.29 is 10.2 Å². The van der Waals surface area contributed by atoms with Gasteiger partial charge in [0.25, 0.3) is 0 Å². The van der Waals surface area contributed by atoms with Crippen LogP contribution in [-0.4, -0.2) is 28.1 Å². The van der Waals surface area contributed by atoms with Gasteiger partial charge in [-0.3, -0.25) is 4.99 Å². The van der Waals surface area contributed by atoms with Gasteiger partial charge in [0.2, 0.25) is 0 Å². The minimum atomic E-state index is 0.0717. The molecule has 1 aromatic rings. The summed E-state index contributed by atoms with van der Waals surface area (Å²) in [6.07, 6.45) is 1.75. The second-order valence-corrected chi connectivity index (χ2v) is 4.02. The zero-order valence-corrected chi connectivity index (χ0v) is 8.74. The van der Waals surface area contributed by atoms with Crippen LogP contribution in [0, 0.1) is 0 Å². The number of hydrogen-bond acceptors (Lipinski definition) is 5. The summed E-state index contributed by atoms with van der Waals surface area (Å²) in [6.45, 7) is 0.646. The van der Waals surface area contributed by atoms with Crippen LogP contribution in [0.25, 0.3) is 0 Å². The quantitative estimate of drug-likeness (QED) is 0.801. The Morgan fingerprint density at radius 1 is 1.20 bits per heavy atom. The molecule has 0 unspecified atom stereocenters. The first-order chi connectivity index (χ1) is 7.24. The Hall–Kier alpha value is -1.49. The Morgan fingerprint density at radius 2 is 1.93 bits per heavy atom. The van der Waals surface area contributed by atoms with Crippen molar-refractivity contribution in [2.24, 2.45) is 9.98 Å². The van der Waals surface area contributed by atoms with Crippen LogP contribution in [-0.2, 0) is 5.75 Å². The van der Waals surface area contributed by atoms with Crippen LogP contribution in [0.3, 0.4) is 0 Å². The average Bonchev–Trinajstić information content (AvgIpc) is 2.65. The Morgan fingerprint density at radius 3 is 2.53 bits per heavy atom. The van der Waals surface area contributed by atoms with Gasteiger partial charge in [-0.15, -0.1) is 0 Å². The first-order valence-corrected chi connectivity index (χ1v) is 5.44. The van der Waals surface area contributed by atoms with Crippen molar-refractivity contribution in [2.75, 3.05) is 6.54 Å². The van der Waals surface area contributed by atoms with Crippen molar-refractivity contribution in [2.45, 2.75) is 5.75 Å². The Bertz CT molecular complexity index is 409. The van der Waals surface area contributed by atoms with Crippen LogP contribution in [0.4, 0.5) is 0 Å². The van der Waals surface area contributed by atoms with E-state index in [4.69, 9.17) is 0 Å². The highest BCUT2D eigenvalue weighted by Crippen LogP contribution is 2.24. The number of aliphatic imine (C=N–C) groups is 2. The van der Waals surface area contributed by atoms with Crippen LogP contribution >= 0.6 is 11.8 Å². The summed E-state index contributed by atoms with van der Waals surface area (Å²) in [5.41, 5.74) is 0.849. The molecule has 4 nitrogen and oxygen atoms in total. The van der Waals surface area contributed by atoms with Crippen LogP contribution in [0.1, 0.15) is 5.56 Å². The topological polar surface area (TPSA) is 65.2 Å². The van der Waals surface area contributed by atoms with Gasteiger partial charge in [-0.05, 0) is 17.7 Å². The van der Waals surface area contributed by atoms with Gasteiger partial charge in [-0.25, -0.2) is 4.99 Å². The van der Waals surface area contributed by atoms with Crippen LogP contribution in [0.2, 0.25) is 0 Å². The summed E-state index contributed by atoms with van der Waals surface area (Å²) in [4.78, 5) is 8.19. The van der Waals surface area contributed by atoms with Crippen molar-refractivity contribution in [1.29, 1.82) is 0 Å². The number of nitrogens with zero attached hydrogens (tertiary/aromatic N) is 2. The molecule has 0 aromatic heterocycles. The molecule has 2 rings (SSSR count). The predicted octanol–water partition coefficient (Wildman–Crippen LogP) is 1.77. The number of amidine groups is 1. The predicted molar refractivity (Wildman–Crippen MR) is 61.9 cm³/mol. The van der Waals surface area contributed by atoms with E-state index in [0.29, 0.717) is 12.3 Å². The molecule has 0 saturated heterocycles. The molecule has 0 atom stereocenters. The smallest absolute Gasteiger partial charge is 0.183 e. The highest BCUT2D eigenvalue weighted by molar-refractivity contribution is 8.13. The minimum Gasteiger partial charge on any atom is -0.508 e. The number of aromatic hydroxyl groups is 2. The van der Waals surface area contributed by atoms with E-state index in [1.54, 1.807) is 18.3 Å². The largest absolute Gasteiger partial charge is 0.508 e. The summed E-state index contributed by atoms with van der Waals surface area (Å²) >= 11 is 1.48. The monoisotopic (exact) mass is 222 g/mol. The fourth-order valence-corrected chi connectivity index (χ4v) is 2.03. The second-order valence-electron chi connectivity index (χ2n) is 3.08. The molecule has 1 aliphatic heterocycles. The fraction of sp³-hybridized carbons (Fsp3) is 0.200. The molecular formula is C10H10N2O2S. The lowest BCUT2D eigenvalue weighted by Gasteiger charge is -2.02. The molecular weight excluding hydrogens is 212 g/mol. The first-order valence-electron chi connectivity index (χ1n) is 4.46. The first kappa shape index (κ1) is 10.0. The van der Waals surface area contributed by atoms with E-state index in [9.17, 15) is 10.2 Å². The van der Waals surface area contributed by atoms with Gasteiger partial charge in [-0.1, -0.05) is 11.8 Å². The number of phenolic OH excluding ortho intramolecular Hbond substituents is 2. The molecule has 78 valence electrons. The summed E-state index contributed by atoms with van der Waals surface area (Å²) in [5, 5.41) is 19.3. The van der Waals surface area contributed by atoms with Gasteiger partial charge in [0.05, 0.1) is 6.54 Å². The lowest BCUT2D eigenvalue weighted by molar-refractivity contribution is 0.450. The Labute approximate surface area is 91.4 Å². The van der Waals surface area contributed by atoms with Crippen molar-refractivity contribution in [1.82, 2.24) is 0 Å². The third-order valence-corrected chi connectivity index (χ3v) is 2.81. The van der Waals surface area contributed by atoms with E-state index < -0.39 is 0 Å². The zero-order chi connectivity index (χ0) is 10.7. The summed E-state index contributed by atoms with van der Waals surface area (Å²) < 4.78 is 0. The Kier molecular flexibility index (Phi) is 2.91. The van der Waals surface area contributed by atoms with Crippen molar-refractivity contribution in [3.63, 3.8) is 0 Å². The molecule has 2 N–H and O–H groups in total. The van der Waals surface area contributed by atoms with Gasteiger partial charge in [-0.2, -0.15) is 0 Å². The summed E-state index contributed by atoms with van der Waals surface area (Å²) in [6, 6.07) is 4.54. The van der Waals surface area contributed by atoms with Crippen molar-refractivity contribution >= 4 is 23.1 Å². The molecule has 0 spiro atoms. The minimum absolute atomic E-state index is 0.0717. The maximum absolute atomic E-state index is 9.26. The van der Waals surface area contributed by atoms with E-state index in [1.807, 2.05) is 0 Å². The molecule has 0 amide bonds. The van der Waals surface area contributed by atoms with Gasteiger partial charge < -0.3 is 10.2 Å².